The number of carbonyl (C=O) groups excluding carboxylic acids is 3. The van der Waals surface area contributed by atoms with E-state index in [1.54, 1.807) is 91.0 Å². The third-order valence-corrected chi connectivity index (χ3v) is 7.35. The Morgan fingerprint density at radius 2 is 1.41 bits per heavy atom. The smallest absolute Gasteiger partial charge is 0.272 e. The molecular weight excluding hydrogens is 575 g/mol. The molecule has 0 atom stereocenters. The molecule has 0 fully saturated rings. The molecular formula is C30H21Cl3N2O3S. The Hall–Kier alpha value is -3.55. The number of amides is 2. The first kappa shape index (κ1) is 28.5. The normalized spacial score (nSPS) is 11.1. The Kier molecular flexibility index (Phi) is 9.85. The van der Waals surface area contributed by atoms with Crippen LogP contribution in [0.2, 0.25) is 15.1 Å². The van der Waals surface area contributed by atoms with E-state index in [9.17, 15) is 14.4 Å². The van der Waals surface area contributed by atoms with Gasteiger partial charge in [-0.1, -0.05) is 65.1 Å². The van der Waals surface area contributed by atoms with Gasteiger partial charge < -0.3 is 10.6 Å². The fourth-order valence-corrected chi connectivity index (χ4v) is 4.95. The van der Waals surface area contributed by atoms with Crippen molar-refractivity contribution in [1.29, 1.82) is 0 Å². The molecule has 39 heavy (non-hydrogen) atoms. The van der Waals surface area contributed by atoms with Crippen LogP contribution >= 0.6 is 46.6 Å². The number of hydrogen-bond donors (Lipinski definition) is 2. The van der Waals surface area contributed by atoms with Crippen molar-refractivity contribution in [3.05, 3.63) is 135 Å². The van der Waals surface area contributed by atoms with E-state index >= 15 is 0 Å². The Labute approximate surface area is 245 Å². The number of thioether (sulfide) groups is 1. The maximum absolute atomic E-state index is 13.3. The van der Waals surface area contributed by atoms with Gasteiger partial charge in [0.25, 0.3) is 11.8 Å². The first-order valence-corrected chi connectivity index (χ1v) is 13.8. The number of hydrogen-bond acceptors (Lipinski definition) is 4. The van der Waals surface area contributed by atoms with Crippen molar-refractivity contribution in [1.82, 2.24) is 5.32 Å². The third-order valence-electron chi connectivity index (χ3n) is 5.45. The number of nitrogens with one attached hydrogen (secondary N) is 2. The van der Waals surface area contributed by atoms with Crippen LogP contribution in [-0.4, -0.2) is 23.4 Å². The van der Waals surface area contributed by atoms with Crippen LogP contribution in [0.4, 0.5) is 5.69 Å². The van der Waals surface area contributed by atoms with E-state index in [0.717, 1.165) is 4.90 Å². The summed E-state index contributed by atoms with van der Waals surface area (Å²) in [7, 11) is 0. The molecule has 196 valence electrons. The number of ketones is 1. The lowest BCUT2D eigenvalue weighted by Crippen LogP contribution is -2.30. The highest BCUT2D eigenvalue weighted by Crippen LogP contribution is 2.27. The van der Waals surface area contributed by atoms with Gasteiger partial charge in [0.05, 0.1) is 5.75 Å². The van der Waals surface area contributed by atoms with Crippen LogP contribution in [0.25, 0.3) is 6.08 Å². The summed E-state index contributed by atoms with van der Waals surface area (Å²) < 4.78 is 0. The highest BCUT2D eigenvalue weighted by Gasteiger charge is 2.17. The van der Waals surface area contributed by atoms with Crippen LogP contribution in [0.15, 0.2) is 108 Å². The number of halogens is 3. The highest BCUT2D eigenvalue weighted by molar-refractivity contribution is 8.00. The minimum absolute atomic E-state index is 0.0448. The molecule has 9 heteroatoms. The summed E-state index contributed by atoms with van der Waals surface area (Å²) >= 11 is 19.9. The van der Waals surface area contributed by atoms with Crippen molar-refractivity contribution < 1.29 is 14.4 Å². The van der Waals surface area contributed by atoms with Crippen molar-refractivity contribution >= 4 is 75.9 Å². The lowest BCUT2D eigenvalue weighted by molar-refractivity contribution is -0.113. The average Bonchev–Trinajstić information content (AvgIpc) is 2.94. The number of carbonyl (C=O) groups is 3. The molecule has 0 aliphatic carbocycles. The molecule has 4 aromatic carbocycles. The summed E-state index contributed by atoms with van der Waals surface area (Å²) in [6.07, 6.45) is 1.43. The van der Waals surface area contributed by atoms with Crippen LogP contribution in [0.1, 0.15) is 26.3 Å². The van der Waals surface area contributed by atoms with Gasteiger partial charge in [0.15, 0.2) is 5.78 Å². The Morgan fingerprint density at radius 1 is 0.744 bits per heavy atom. The predicted molar refractivity (Wildman–Crippen MR) is 160 cm³/mol. The standard InChI is InChI=1S/C30H21Cl3N2O3S/c31-21-14-12-19(13-15-21)28(36)18-39-23-9-4-8-22(16-23)34-30(38)27(17-24-25(32)10-5-11-26(24)33)35-29(37)20-6-2-1-3-7-20/h1-17H,18H2,(H,34,38)(H,35,37)/b27-17-. The van der Waals surface area contributed by atoms with Gasteiger partial charge in [-0.05, 0) is 72.8 Å². The van der Waals surface area contributed by atoms with Crippen LogP contribution in [-0.2, 0) is 4.79 Å². The minimum Gasteiger partial charge on any atom is -0.321 e. The van der Waals surface area contributed by atoms with E-state index < -0.39 is 11.8 Å². The Bertz CT molecular complexity index is 1520. The molecule has 0 bridgehead atoms. The first-order chi connectivity index (χ1) is 18.8. The summed E-state index contributed by atoms with van der Waals surface area (Å²) in [6, 6.07) is 27.3. The van der Waals surface area contributed by atoms with E-state index in [2.05, 4.69) is 10.6 Å². The summed E-state index contributed by atoms with van der Waals surface area (Å²) in [5.74, 6) is -0.876. The van der Waals surface area contributed by atoms with Gasteiger partial charge >= 0.3 is 0 Å². The van der Waals surface area contributed by atoms with Gasteiger partial charge in [-0.25, -0.2) is 0 Å². The van der Waals surface area contributed by atoms with Crippen molar-refractivity contribution in [3.8, 4) is 0 Å². The molecule has 2 amide bonds. The minimum atomic E-state index is -0.574. The third kappa shape index (κ3) is 7.97. The number of Topliss-reactive ketones (excluding diaryl/α,β-unsaturated/α-hetero) is 1. The average molecular weight is 596 g/mol. The summed E-state index contributed by atoms with van der Waals surface area (Å²) in [6.45, 7) is 0. The second kappa shape index (κ2) is 13.5. The number of anilines is 1. The van der Waals surface area contributed by atoms with E-state index in [1.165, 1.54) is 17.8 Å². The van der Waals surface area contributed by atoms with Gasteiger partial charge in [0, 0.05) is 42.3 Å². The van der Waals surface area contributed by atoms with Gasteiger partial charge in [-0.15, -0.1) is 11.8 Å². The molecule has 0 unspecified atom stereocenters. The zero-order valence-corrected chi connectivity index (χ0v) is 23.4. The van der Waals surface area contributed by atoms with Crippen molar-refractivity contribution in [3.63, 3.8) is 0 Å². The Balaban J connectivity index is 1.52. The molecule has 0 radical (unpaired) electrons. The van der Waals surface area contributed by atoms with Crippen LogP contribution in [0.5, 0.6) is 0 Å². The molecule has 0 spiro atoms. The fraction of sp³-hybridized carbons (Fsp3) is 0.0333. The number of rotatable bonds is 9. The maximum Gasteiger partial charge on any atom is 0.272 e. The van der Waals surface area contributed by atoms with E-state index in [0.29, 0.717) is 37.4 Å². The second-order valence-electron chi connectivity index (χ2n) is 8.21. The van der Waals surface area contributed by atoms with Crippen LogP contribution in [0.3, 0.4) is 0 Å². The zero-order chi connectivity index (χ0) is 27.8. The fourth-order valence-electron chi connectivity index (χ4n) is 3.47. The SMILES string of the molecule is O=C(Nc1cccc(SCC(=O)c2ccc(Cl)cc2)c1)/C(=C/c1c(Cl)cccc1Cl)NC(=O)c1ccccc1. The molecule has 4 rings (SSSR count). The van der Waals surface area contributed by atoms with E-state index in [4.69, 9.17) is 34.8 Å². The molecule has 0 aliphatic rings. The Morgan fingerprint density at radius 3 is 2.10 bits per heavy atom. The van der Waals surface area contributed by atoms with Crippen molar-refractivity contribution in [2.45, 2.75) is 4.90 Å². The van der Waals surface area contributed by atoms with Gasteiger partial charge in [0.1, 0.15) is 5.70 Å². The molecule has 4 aromatic rings. The molecule has 0 heterocycles. The van der Waals surface area contributed by atoms with Crippen LogP contribution < -0.4 is 10.6 Å². The van der Waals surface area contributed by atoms with Gasteiger partial charge in [0.2, 0.25) is 0 Å². The molecule has 0 aliphatic heterocycles. The predicted octanol–water partition coefficient (Wildman–Crippen LogP) is 8.03. The zero-order valence-electron chi connectivity index (χ0n) is 20.3. The van der Waals surface area contributed by atoms with Gasteiger partial charge in [-0.3, -0.25) is 14.4 Å². The summed E-state index contributed by atoms with van der Waals surface area (Å²) in [4.78, 5) is 39.5. The molecule has 0 aromatic heterocycles. The highest BCUT2D eigenvalue weighted by atomic mass is 35.5. The molecule has 5 nitrogen and oxygen atoms in total. The number of benzene rings is 4. The lowest BCUT2D eigenvalue weighted by atomic mass is 10.1. The quantitative estimate of drug-likeness (QED) is 0.117. The monoisotopic (exact) mass is 594 g/mol. The topological polar surface area (TPSA) is 75.3 Å². The van der Waals surface area contributed by atoms with E-state index in [1.807, 2.05) is 6.07 Å². The largest absolute Gasteiger partial charge is 0.321 e. The molecule has 0 saturated carbocycles. The van der Waals surface area contributed by atoms with Crippen molar-refractivity contribution in [2.75, 3.05) is 11.1 Å². The molecule has 2 N–H and O–H groups in total. The summed E-state index contributed by atoms with van der Waals surface area (Å²) in [5, 5.41) is 6.68. The van der Waals surface area contributed by atoms with E-state index in [-0.39, 0.29) is 17.2 Å². The summed E-state index contributed by atoms with van der Waals surface area (Å²) in [5.41, 5.74) is 1.77. The molecule has 0 saturated heterocycles. The van der Waals surface area contributed by atoms with Crippen LogP contribution in [0, 0.1) is 0 Å². The van der Waals surface area contributed by atoms with Gasteiger partial charge in [-0.2, -0.15) is 0 Å². The maximum atomic E-state index is 13.3. The second-order valence-corrected chi connectivity index (χ2v) is 10.5. The lowest BCUT2D eigenvalue weighted by Gasteiger charge is -2.13. The van der Waals surface area contributed by atoms with Crippen molar-refractivity contribution in [2.24, 2.45) is 0 Å². The first-order valence-electron chi connectivity index (χ1n) is 11.7.